The van der Waals surface area contributed by atoms with Gasteiger partial charge >= 0.3 is 0 Å². The molecule has 7 heteroatoms. The predicted molar refractivity (Wildman–Crippen MR) is 93.3 cm³/mol. The first-order valence-corrected chi connectivity index (χ1v) is 9.94. The number of amides is 1. The van der Waals surface area contributed by atoms with Crippen molar-refractivity contribution < 1.29 is 13.2 Å². The van der Waals surface area contributed by atoms with E-state index in [0.29, 0.717) is 17.6 Å². The topological polar surface area (TPSA) is 79.4 Å². The van der Waals surface area contributed by atoms with Crippen LogP contribution in [0.2, 0.25) is 0 Å². The molecular weight excluding hydrogens is 326 g/mol. The minimum Gasteiger partial charge on any atom is -0.334 e. The number of pyridine rings is 1. The molecule has 1 aromatic heterocycles. The third kappa shape index (κ3) is 3.73. The molecule has 24 heavy (non-hydrogen) atoms. The molecule has 1 N–H and O–H groups in total. The van der Waals surface area contributed by atoms with E-state index in [4.69, 9.17) is 0 Å². The monoisotopic (exact) mass is 347 g/mol. The van der Waals surface area contributed by atoms with Crippen LogP contribution in [0.1, 0.15) is 29.6 Å². The minimum atomic E-state index is -3.27. The van der Waals surface area contributed by atoms with Crippen LogP contribution in [0.15, 0.2) is 36.5 Å². The number of hydrogen-bond acceptors (Lipinski definition) is 4. The van der Waals surface area contributed by atoms with Gasteiger partial charge in [0.25, 0.3) is 5.91 Å². The number of nitrogens with zero attached hydrogens (tertiary/aromatic N) is 2. The van der Waals surface area contributed by atoms with Crippen molar-refractivity contribution in [1.82, 2.24) is 14.6 Å². The molecule has 1 aromatic carbocycles. The average molecular weight is 347 g/mol. The van der Waals surface area contributed by atoms with Crippen LogP contribution in [0.3, 0.4) is 0 Å². The highest BCUT2D eigenvalue weighted by atomic mass is 32.2. The fourth-order valence-corrected chi connectivity index (χ4v) is 3.65. The van der Waals surface area contributed by atoms with Gasteiger partial charge in [0.2, 0.25) is 10.0 Å². The van der Waals surface area contributed by atoms with E-state index in [1.807, 2.05) is 24.3 Å². The van der Waals surface area contributed by atoms with Crippen LogP contribution in [0.4, 0.5) is 0 Å². The van der Waals surface area contributed by atoms with Crippen LogP contribution in [0, 0.1) is 0 Å². The van der Waals surface area contributed by atoms with E-state index in [2.05, 4.69) is 9.71 Å². The van der Waals surface area contributed by atoms with E-state index in [9.17, 15) is 13.2 Å². The summed E-state index contributed by atoms with van der Waals surface area (Å²) in [5.74, 6) is -0.0840. The molecule has 2 aromatic rings. The summed E-state index contributed by atoms with van der Waals surface area (Å²) in [6.07, 6.45) is 5.54. The number of para-hydroxylation sites is 1. The number of benzene rings is 1. The summed E-state index contributed by atoms with van der Waals surface area (Å²) in [7, 11) is -3.27. The van der Waals surface area contributed by atoms with Crippen LogP contribution in [-0.2, 0) is 10.0 Å². The van der Waals surface area contributed by atoms with Crippen molar-refractivity contribution in [3.63, 3.8) is 0 Å². The summed E-state index contributed by atoms with van der Waals surface area (Å²) in [6, 6.07) is 9.21. The standard InChI is InChI=1S/C17H21N3O3S/c1-24(22,23)19-12-14-8-2-3-11-20(14)17(21)15-9-4-6-13-7-5-10-18-16(13)15/h4-7,9-10,14,19H,2-3,8,11-12H2,1H3. The van der Waals surface area contributed by atoms with Crippen LogP contribution in [0.25, 0.3) is 10.9 Å². The summed E-state index contributed by atoms with van der Waals surface area (Å²) in [5.41, 5.74) is 1.25. The molecule has 3 rings (SSSR count). The van der Waals surface area contributed by atoms with E-state index in [1.54, 1.807) is 17.2 Å². The first-order valence-electron chi connectivity index (χ1n) is 8.05. The van der Waals surface area contributed by atoms with Gasteiger partial charge in [-0.1, -0.05) is 18.2 Å². The van der Waals surface area contributed by atoms with Gasteiger partial charge in [0.05, 0.1) is 17.3 Å². The largest absolute Gasteiger partial charge is 0.334 e. The molecule has 128 valence electrons. The summed E-state index contributed by atoms with van der Waals surface area (Å²) >= 11 is 0. The lowest BCUT2D eigenvalue weighted by Crippen LogP contribution is -2.49. The van der Waals surface area contributed by atoms with Gasteiger partial charge in [-0.15, -0.1) is 0 Å². The molecule has 0 spiro atoms. The molecule has 2 heterocycles. The normalized spacial score (nSPS) is 18.7. The Morgan fingerprint density at radius 2 is 2.08 bits per heavy atom. The summed E-state index contributed by atoms with van der Waals surface area (Å²) in [5, 5.41) is 0.922. The van der Waals surface area contributed by atoms with Crippen molar-refractivity contribution in [3.8, 4) is 0 Å². The molecule has 1 amide bonds. The number of piperidine rings is 1. The zero-order valence-corrected chi connectivity index (χ0v) is 14.4. The molecule has 1 atom stereocenters. The number of rotatable bonds is 4. The van der Waals surface area contributed by atoms with E-state index >= 15 is 0 Å². The molecule has 1 aliphatic heterocycles. The minimum absolute atomic E-state index is 0.0840. The molecule has 0 bridgehead atoms. The van der Waals surface area contributed by atoms with E-state index < -0.39 is 10.0 Å². The first kappa shape index (κ1) is 16.9. The van der Waals surface area contributed by atoms with Crippen LogP contribution in [-0.4, -0.2) is 49.6 Å². The van der Waals surface area contributed by atoms with Gasteiger partial charge in [-0.3, -0.25) is 9.78 Å². The number of likely N-dealkylation sites (tertiary alicyclic amines) is 1. The van der Waals surface area contributed by atoms with Gasteiger partial charge in [0.1, 0.15) is 0 Å². The number of carbonyl (C=O) groups excluding carboxylic acids is 1. The highest BCUT2D eigenvalue weighted by molar-refractivity contribution is 7.88. The number of nitrogens with one attached hydrogen (secondary N) is 1. The van der Waals surface area contributed by atoms with Gasteiger partial charge in [0.15, 0.2) is 0 Å². The molecule has 1 saturated heterocycles. The lowest BCUT2D eigenvalue weighted by atomic mass is 10.00. The van der Waals surface area contributed by atoms with Crippen molar-refractivity contribution in [2.24, 2.45) is 0 Å². The van der Waals surface area contributed by atoms with Gasteiger partial charge in [-0.2, -0.15) is 0 Å². The van der Waals surface area contributed by atoms with Crippen LogP contribution in [0.5, 0.6) is 0 Å². The fourth-order valence-electron chi connectivity index (χ4n) is 3.16. The first-order chi connectivity index (χ1) is 11.5. The molecule has 6 nitrogen and oxygen atoms in total. The lowest BCUT2D eigenvalue weighted by Gasteiger charge is -2.36. The average Bonchev–Trinajstić information content (AvgIpc) is 2.58. The third-order valence-corrected chi connectivity index (χ3v) is 5.02. The van der Waals surface area contributed by atoms with Crippen molar-refractivity contribution in [3.05, 3.63) is 42.1 Å². The molecule has 1 aliphatic rings. The number of hydrogen-bond donors (Lipinski definition) is 1. The van der Waals surface area contributed by atoms with Crippen molar-refractivity contribution in [1.29, 1.82) is 0 Å². The number of aromatic nitrogens is 1. The summed E-state index contributed by atoms with van der Waals surface area (Å²) in [4.78, 5) is 19.2. The Labute approximate surface area is 141 Å². The molecule has 0 saturated carbocycles. The Hall–Kier alpha value is -1.99. The number of sulfonamides is 1. The van der Waals surface area contributed by atoms with Crippen molar-refractivity contribution >= 4 is 26.8 Å². The maximum absolute atomic E-state index is 13.1. The lowest BCUT2D eigenvalue weighted by molar-refractivity contribution is 0.0620. The van der Waals surface area contributed by atoms with Crippen molar-refractivity contribution in [2.75, 3.05) is 19.3 Å². The van der Waals surface area contributed by atoms with Gasteiger partial charge < -0.3 is 4.90 Å². The Bertz CT molecular complexity index is 846. The van der Waals surface area contributed by atoms with Crippen LogP contribution < -0.4 is 4.72 Å². The van der Waals surface area contributed by atoms with E-state index in [1.165, 1.54) is 0 Å². The van der Waals surface area contributed by atoms with Gasteiger partial charge in [-0.05, 0) is 31.4 Å². The molecule has 0 aliphatic carbocycles. The third-order valence-electron chi connectivity index (χ3n) is 4.33. The second kappa shape index (κ2) is 6.86. The van der Waals surface area contributed by atoms with Crippen molar-refractivity contribution in [2.45, 2.75) is 25.3 Å². The quantitative estimate of drug-likeness (QED) is 0.914. The highest BCUT2D eigenvalue weighted by Gasteiger charge is 2.29. The second-order valence-electron chi connectivity index (χ2n) is 6.15. The Morgan fingerprint density at radius 3 is 2.88 bits per heavy atom. The maximum Gasteiger partial charge on any atom is 0.256 e. The van der Waals surface area contributed by atoms with E-state index in [-0.39, 0.29) is 18.5 Å². The molecule has 1 fully saturated rings. The zero-order chi connectivity index (χ0) is 17.2. The summed E-state index contributed by atoms with van der Waals surface area (Å²) in [6.45, 7) is 0.890. The van der Waals surface area contributed by atoms with E-state index in [0.717, 1.165) is 30.9 Å². The second-order valence-corrected chi connectivity index (χ2v) is 7.98. The SMILES string of the molecule is CS(=O)(=O)NCC1CCCCN1C(=O)c1cccc2cccnc12. The predicted octanol–water partition coefficient (Wildman–Crippen LogP) is 1.78. The zero-order valence-electron chi connectivity index (χ0n) is 13.6. The summed E-state index contributed by atoms with van der Waals surface area (Å²) < 4.78 is 25.3. The molecule has 1 unspecified atom stereocenters. The van der Waals surface area contributed by atoms with Gasteiger partial charge in [-0.25, -0.2) is 13.1 Å². The Morgan fingerprint density at radius 1 is 1.29 bits per heavy atom. The molecule has 0 radical (unpaired) electrons. The number of carbonyl (C=O) groups is 1. The maximum atomic E-state index is 13.1. The fraction of sp³-hybridized carbons (Fsp3) is 0.412. The van der Waals surface area contributed by atoms with Gasteiger partial charge in [0, 0.05) is 30.7 Å². The highest BCUT2D eigenvalue weighted by Crippen LogP contribution is 2.23. The number of fused-ring (bicyclic) bond motifs is 1. The smallest absolute Gasteiger partial charge is 0.256 e. The molecular formula is C17H21N3O3S. The van der Waals surface area contributed by atoms with Crippen LogP contribution >= 0.6 is 0 Å². The Kier molecular flexibility index (Phi) is 4.82. The Balaban J connectivity index is 1.88.